The maximum absolute atomic E-state index is 10.5. The number of nitro groups is 1. The van der Waals surface area contributed by atoms with Crippen LogP contribution in [-0.4, -0.2) is 16.5 Å². The smallest absolute Gasteiger partial charge is 0.370 e. The fourth-order valence-corrected chi connectivity index (χ4v) is 0.910. The predicted octanol–water partition coefficient (Wildman–Crippen LogP) is 2.00. The minimum atomic E-state index is -0.522. The zero-order chi connectivity index (χ0) is 10.4. The molecule has 0 fully saturated rings. The zero-order valence-corrected chi connectivity index (χ0v) is 7.71. The maximum atomic E-state index is 10.5. The highest BCUT2D eigenvalue weighted by Gasteiger charge is 2.10. The molecule has 1 aromatic rings. The minimum Gasteiger partial charge on any atom is -0.501 e. The highest BCUT2D eigenvalue weighted by Crippen LogP contribution is 2.15. The molecule has 14 heavy (non-hydrogen) atoms. The number of hydrogen-bond acceptors (Lipinski definition) is 4. The number of nitrogens with zero attached hydrogens (tertiary/aromatic N) is 2. The Bertz CT molecular complexity index is 350. The van der Waals surface area contributed by atoms with Gasteiger partial charge in [0, 0.05) is 0 Å². The average Bonchev–Trinajstić information content (AvgIpc) is 2.19. The zero-order valence-electron chi connectivity index (χ0n) is 7.71. The van der Waals surface area contributed by atoms with Crippen molar-refractivity contribution in [1.29, 1.82) is 0 Å². The number of ether oxygens (including phenoxy) is 1. The molecule has 0 aliphatic heterocycles. The maximum Gasteiger partial charge on any atom is 0.370 e. The van der Waals surface area contributed by atoms with E-state index in [0.29, 0.717) is 12.2 Å². The summed E-state index contributed by atoms with van der Waals surface area (Å²) in [5, 5.41) is 10.5. The SMILES string of the molecule is CCO/C=C/c1cccnc1[N+](=O)[O-]. The quantitative estimate of drug-likeness (QED) is 0.417. The normalized spacial score (nSPS) is 10.4. The summed E-state index contributed by atoms with van der Waals surface area (Å²) >= 11 is 0. The standard InChI is InChI=1S/C9H10N2O3/c1-2-14-7-5-8-4-3-6-10-9(8)11(12)13/h3-7H,2H2,1H3/b7-5+. The molecule has 0 aliphatic carbocycles. The van der Waals surface area contributed by atoms with Crippen LogP contribution in [0.2, 0.25) is 0 Å². The van der Waals surface area contributed by atoms with Crippen molar-refractivity contribution in [3.63, 3.8) is 0 Å². The van der Waals surface area contributed by atoms with E-state index in [1.54, 1.807) is 12.1 Å². The summed E-state index contributed by atoms with van der Waals surface area (Å²) in [7, 11) is 0. The molecule has 0 radical (unpaired) electrons. The first kappa shape index (κ1) is 10.2. The molecule has 0 N–H and O–H groups in total. The van der Waals surface area contributed by atoms with E-state index in [1.807, 2.05) is 6.92 Å². The van der Waals surface area contributed by atoms with Crippen LogP contribution < -0.4 is 0 Å². The Morgan fingerprint density at radius 1 is 1.71 bits per heavy atom. The van der Waals surface area contributed by atoms with E-state index in [4.69, 9.17) is 4.74 Å². The number of pyridine rings is 1. The first-order valence-corrected chi connectivity index (χ1v) is 4.13. The highest BCUT2D eigenvalue weighted by atomic mass is 16.6. The molecule has 0 saturated heterocycles. The van der Waals surface area contributed by atoms with Crippen LogP contribution in [0, 0.1) is 10.1 Å². The summed E-state index contributed by atoms with van der Waals surface area (Å²) < 4.78 is 4.94. The monoisotopic (exact) mass is 194 g/mol. The van der Waals surface area contributed by atoms with Crippen LogP contribution in [0.3, 0.4) is 0 Å². The summed E-state index contributed by atoms with van der Waals surface area (Å²) in [5.41, 5.74) is 0.436. The van der Waals surface area contributed by atoms with Crippen LogP contribution in [0.15, 0.2) is 24.6 Å². The average molecular weight is 194 g/mol. The summed E-state index contributed by atoms with van der Waals surface area (Å²) in [5.74, 6) is -0.163. The fraction of sp³-hybridized carbons (Fsp3) is 0.222. The minimum absolute atomic E-state index is 0.163. The van der Waals surface area contributed by atoms with E-state index < -0.39 is 4.92 Å². The van der Waals surface area contributed by atoms with Gasteiger partial charge in [0.1, 0.15) is 6.20 Å². The molecular formula is C9H10N2O3. The van der Waals surface area contributed by atoms with E-state index in [1.165, 1.54) is 18.5 Å². The Balaban J connectivity index is 2.90. The Morgan fingerprint density at radius 3 is 3.14 bits per heavy atom. The van der Waals surface area contributed by atoms with E-state index in [0.717, 1.165) is 0 Å². The van der Waals surface area contributed by atoms with E-state index in [9.17, 15) is 10.1 Å². The molecule has 1 aromatic heterocycles. The fourth-order valence-electron chi connectivity index (χ4n) is 0.910. The molecule has 5 heteroatoms. The van der Waals surface area contributed by atoms with Crippen molar-refractivity contribution in [2.24, 2.45) is 0 Å². The molecule has 0 saturated carbocycles. The van der Waals surface area contributed by atoms with Gasteiger partial charge >= 0.3 is 5.82 Å². The first-order valence-electron chi connectivity index (χ1n) is 4.13. The molecule has 0 atom stereocenters. The van der Waals surface area contributed by atoms with Gasteiger partial charge in [0.2, 0.25) is 0 Å². The Labute approximate surface area is 81.2 Å². The lowest BCUT2D eigenvalue weighted by Crippen LogP contribution is -1.94. The largest absolute Gasteiger partial charge is 0.501 e. The third-order valence-electron chi connectivity index (χ3n) is 1.50. The number of rotatable bonds is 4. The van der Waals surface area contributed by atoms with Crippen molar-refractivity contribution in [3.8, 4) is 0 Å². The van der Waals surface area contributed by atoms with Crippen LogP contribution >= 0.6 is 0 Å². The second-order valence-electron chi connectivity index (χ2n) is 2.43. The van der Waals surface area contributed by atoms with Gasteiger partial charge in [-0.25, -0.2) is 0 Å². The van der Waals surface area contributed by atoms with Crippen LogP contribution in [-0.2, 0) is 4.74 Å². The molecular weight excluding hydrogens is 184 g/mol. The Hall–Kier alpha value is -1.91. The van der Waals surface area contributed by atoms with E-state index in [-0.39, 0.29) is 5.82 Å². The lowest BCUT2D eigenvalue weighted by Gasteiger charge is -1.96. The molecule has 0 amide bonds. The second-order valence-corrected chi connectivity index (χ2v) is 2.43. The summed E-state index contributed by atoms with van der Waals surface area (Å²) in [6.45, 7) is 2.37. The molecule has 0 aliphatic rings. The topological polar surface area (TPSA) is 65.3 Å². The van der Waals surface area contributed by atoms with Gasteiger partial charge in [-0.05, 0) is 35.0 Å². The van der Waals surface area contributed by atoms with Gasteiger partial charge in [0.05, 0.1) is 18.4 Å². The number of aromatic nitrogens is 1. The van der Waals surface area contributed by atoms with Crippen molar-refractivity contribution in [2.45, 2.75) is 6.92 Å². The van der Waals surface area contributed by atoms with Crippen molar-refractivity contribution >= 4 is 11.9 Å². The van der Waals surface area contributed by atoms with Crippen molar-refractivity contribution < 1.29 is 9.66 Å². The van der Waals surface area contributed by atoms with Gasteiger partial charge in [0.15, 0.2) is 0 Å². The third kappa shape index (κ3) is 2.55. The van der Waals surface area contributed by atoms with Crippen molar-refractivity contribution in [1.82, 2.24) is 4.98 Å². The predicted molar refractivity (Wildman–Crippen MR) is 51.6 cm³/mol. The van der Waals surface area contributed by atoms with Gasteiger partial charge in [-0.1, -0.05) is 0 Å². The summed E-state index contributed by atoms with van der Waals surface area (Å²) in [6, 6.07) is 3.25. The van der Waals surface area contributed by atoms with Gasteiger partial charge in [-0.3, -0.25) is 0 Å². The molecule has 1 heterocycles. The van der Waals surface area contributed by atoms with Crippen molar-refractivity contribution in [3.05, 3.63) is 40.3 Å². The van der Waals surface area contributed by atoms with Crippen LogP contribution in [0.5, 0.6) is 0 Å². The van der Waals surface area contributed by atoms with E-state index in [2.05, 4.69) is 4.98 Å². The summed E-state index contributed by atoms with van der Waals surface area (Å²) in [4.78, 5) is 13.7. The molecule has 0 spiro atoms. The molecule has 5 nitrogen and oxygen atoms in total. The molecule has 1 rings (SSSR count). The first-order chi connectivity index (χ1) is 6.75. The molecule has 74 valence electrons. The van der Waals surface area contributed by atoms with Gasteiger partial charge in [-0.15, -0.1) is 0 Å². The number of hydrogen-bond donors (Lipinski definition) is 0. The second kappa shape index (κ2) is 4.96. The van der Waals surface area contributed by atoms with Crippen LogP contribution in [0.1, 0.15) is 12.5 Å². The third-order valence-corrected chi connectivity index (χ3v) is 1.50. The molecule has 0 unspecified atom stereocenters. The summed E-state index contributed by atoms with van der Waals surface area (Å²) in [6.07, 6.45) is 4.33. The lowest BCUT2D eigenvalue weighted by molar-refractivity contribution is -0.389. The van der Waals surface area contributed by atoms with Gasteiger partial charge < -0.3 is 14.9 Å². The van der Waals surface area contributed by atoms with Crippen molar-refractivity contribution in [2.75, 3.05) is 6.61 Å². The Morgan fingerprint density at radius 2 is 2.50 bits per heavy atom. The van der Waals surface area contributed by atoms with Crippen LogP contribution in [0.4, 0.5) is 5.82 Å². The van der Waals surface area contributed by atoms with Crippen LogP contribution in [0.25, 0.3) is 6.08 Å². The lowest BCUT2D eigenvalue weighted by atomic mass is 10.2. The van der Waals surface area contributed by atoms with Gasteiger partial charge in [0.25, 0.3) is 0 Å². The Kier molecular flexibility index (Phi) is 3.60. The highest BCUT2D eigenvalue weighted by molar-refractivity contribution is 5.56. The molecule has 0 aromatic carbocycles. The van der Waals surface area contributed by atoms with Gasteiger partial charge in [-0.2, -0.15) is 0 Å². The molecule has 0 bridgehead atoms. The van der Waals surface area contributed by atoms with E-state index >= 15 is 0 Å².